The SMILES string of the molecule is COC(=O)CC[C@H](NC(=O)Cc1ccc(C(F)(F)F)cc1)C(=O)OC. The molecule has 0 unspecified atom stereocenters. The first-order valence-corrected chi connectivity index (χ1v) is 7.27. The zero-order valence-corrected chi connectivity index (χ0v) is 13.7. The van der Waals surface area contributed by atoms with Gasteiger partial charge < -0.3 is 14.8 Å². The fourth-order valence-corrected chi connectivity index (χ4v) is 2.00. The predicted octanol–water partition coefficient (Wildman–Crippen LogP) is 1.86. The number of benzene rings is 1. The fraction of sp³-hybridized carbons (Fsp3) is 0.438. The standard InChI is InChI=1S/C16H18F3NO5/c1-24-14(22)8-7-12(15(23)25-2)20-13(21)9-10-3-5-11(6-4-10)16(17,18)19/h3-6,12H,7-9H2,1-2H3,(H,20,21)/t12-/m0/s1. The lowest BCUT2D eigenvalue weighted by atomic mass is 10.1. The molecule has 1 amide bonds. The van der Waals surface area contributed by atoms with Crippen LogP contribution in [-0.2, 0) is 36.5 Å². The number of rotatable bonds is 7. The van der Waals surface area contributed by atoms with Gasteiger partial charge in [-0.2, -0.15) is 13.2 Å². The van der Waals surface area contributed by atoms with E-state index in [2.05, 4.69) is 14.8 Å². The summed E-state index contributed by atoms with van der Waals surface area (Å²) in [5.74, 6) is -1.87. The molecule has 0 aliphatic carbocycles. The van der Waals surface area contributed by atoms with E-state index in [-0.39, 0.29) is 19.3 Å². The van der Waals surface area contributed by atoms with Gasteiger partial charge in [0.15, 0.2) is 0 Å². The van der Waals surface area contributed by atoms with Crippen LogP contribution in [0.15, 0.2) is 24.3 Å². The van der Waals surface area contributed by atoms with Crippen LogP contribution in [0.4, 0.5) is 13.2 Å². The molecule has 0 fully saturated rings. The van der Waals surface area contributed by atoms with Crippen LogP contribution in [0, 0.1) is 0 Å². The van der Waals surface area contributed by atoms with Gasteiger partial charge in [0.2, 0.25) is 5.91 Å². The molecule has 138 valence electrons. The molecule has 0 spiro atoms. The Morgan fingerprint density at radius 1 is 1.08 bits per heavy atom. The Labute approximate surface area is 142 Å². The minimum absolute atomic E-state index is 0.0158. The maximum atomic E-state index is 12.5. The normalized spacial score (nSPS) is 12.2. The average molecular weight is 361 g/mol. The summed E-state index contributed by atoms with van der Waals surface area (Å²) in [7, 11) is 2.33. The van der Waals surface area contributed by atoms with E-state index in [0.29, 0.717) is 5.56 Å². The van der Waals surface area contributed by atoms with Crippen molar-refractivity contribution in [2.24, 2.45) is 0 Å². The predicted molar refractivity (Wildman–Crippen MR) is 80.3 cm³/mol. The molecule has 6 nitrogen and oxygen atoms in total. The van der Waals surface area contributed by atoms with E-state index >= 15 is 0 Å². The third-order valence-electron chi connectivity index (χ3n) is 3.33. The zero-order chi connectivity index (χ0) is 19.0. The second-order valence-electron chi connectivity index (χ2n) is 5.13. The van der Waals surface area contributed by atoms with Crippen molar-refractivity contribution < 1.29 is 37.0 Å². The van der Waals surface area contributed by atoms with Crippen molar-refractivity contribution >= 4 is 17.8 Å². The largest absolute Gasteiger partial charge is 0.469 e. The van der Waals surface area contributed by atoms with Gasteiger partial charge in [0.05, 0.1) is 26.2 Å². The van der Waals surface area contributed by atoms with Crippen molar-refractivity contribution in [1.29, 1.82) is 0 Å². The number of carbonyl (C=O) groups excluding carboxylic acids is 3. The molecule has 9 heteroatoms. The minimum Gasteiger partial charge on any atom is -0.469 e. The number of methoxy groups -OCH3 is 2. The van der Waals surface area contributed by atoms with Crippen molar-refractivity contribution in [2.45, 2.75) is 31.5 Å². The van der Waals surface area contributed by atoms with Gasteiger partial charge in [0.25, 0.3) is 0 Å². The molecule has 0 saturated heterocycles. The lowest BCUT2D eigenvalue weighted by molar-refractivity contribution is -0.146. The maximum Gasteiger partial charge on any atom is 0.416 e. The molecule has 0 aromatic heterocycles. The van der Waals surface area contributed by atoms with E-state index in [1.165, 1.54) is 19.2 Å². The van der Waals surface area contributed by atoms with Crippen LogP contribution >= 0.6 is 0 Å². The van der Waals surface area contributed by atoms with Gasteiger partial charge in [0.1, 0.15) is 6.04 Å². The van der Waals surface area contributed by atoms with Gasteiger partial charge in [-0.05, 0) is 24.1 Å². The van der Waals surface area contributed by atoms with Crippen molar-refractivity contribution in [3.05, 3.63) is 35.4 Å². The summed E-state index contributed by atoms with van der Waals surface area (Å²) in [6.45, 7) is 0. The summed E-state index contributed by atoms with van der Waals surface area (Å²) in [5, 5.41) is 2.40. The number of halogens is 3. The average Bonchev–Trinajstić information content (AvgIpc) is 2.57. The highest BCUT2D eigenvalue weighted by Crippen LogP contribution is 2.29. The molecule has 1 aromatic carbocycles. The van der Waals surface area contributed by atoms with E-state index in [9.17, 15) is 27.6 Å². The Bertz CT molecular complexity index is 613. The smallest absolute Gasteiger partial charge is 0.416 e. The lowest BCUT2D eigenvalue weighted by Gasteiger charge is -2.16. The summed E-state index contributed by atoms with van der Waals surface area (Å²) in [6, 6.07) is 3.06. The first-order valence-electron chi connectivity index (χ1n) is 7.27. The van der Waals surface area contributed by atoms with Crippen LogP contribution in [0.1, 0.15) is 24.0 Å². The van der Waals surface area contributed by atoms with Crippen molar-refractivity contribution in [1.82, 2.24) is 5.32 Å². The summed E-state index contributed by atoms with van der Waals surface area (Å²) in [6.07, 6.45) is -4.79. The molecule has 0 heterocycles. The Morgan fingerprint density at radius 3 is 2.16 bits per heavy atom. The molecule has 1 N–H and O–H groups in total. The topological polar surface area (TPSA) is 81.7 Å². The number of hydrogen-bond acceptors (Lipinski definition) is 5. The fourth-order valence-electron chi connectivity index (χ4n) is 2.00. The molecule has 25 heavy (non-hydrogen) atoms. The van der Waals surface area contributed by atoms with Gasteiger partial charge in [-0.25, -0.2) is 4.79 Å². The monoisotopic (exact) mass is 361 g/mol. The number of alkyl halides is 3. The second-order valence-corrected chi connectivity index (χ2v) is 5.13. The molecular formula is C16H18F3NO5. The quantitative estimate of drug-likeness (QED) is 0.750. The van der Waals surface area contributed by atoms with Gasteiger partial charge in [0, 0.05) is 6.42 Å². The maximum absolute atomic E-state index is 12.5. The Balaban J connectivity index is 2.67. The Kier molecular flexibility index (Phi) is 7.41. The highest BCUT2D eigenvalue weighted by Gasteiger charge is 2.30. The number of amides is 1. The molecule has 0 saturated carbocycles. The van der Waals surface area contributed by atoms with Crippen LogP contribution < -0.4 is 5.32 Å². The Hall–Kier alpha value is -2.58. The number of hydrogen-bond donors (Lipinski definition) is 1. The molecule has 0 bridgehead atoms. The van der Waals surface area contributed by atoms with Crippen LogP contribution in [0.2, 0.25) is 0 Å². The van der Waals surface area contributed by atoms with Gasteiger partial charge in [-0.1, -0.05) is 12.1 Å². The van der Waals surface area contributed by atoms with Crippen LogP contribution in [0.5, 0.6) is 0 Å². The third-order valence-corrected chi connectivity index (χ3v) is 3.33. The molecular weight excluding hydrogens is 343 g/mol. The Morgan fingerprint density at radius 2 is 1.68 bits per heavy atom. The molecule has 0 aliphatic rings. The van der Waals surface area contributed by atoms with Gasteiger partial charge in [-0.3, -0.25) is 9.59 Å². The van der Waals surface area contributed by atoms with E-state index < -0.39 is 35.6 Å². The molecule has 1 atom stereocenters. The van der Waals surface area contributed by atoms with Gasteiger partial charge in [-0.15, -0.1) is 0 Å². The summed E-state index contributed by atoms with van der Waals surface area (Å²) >= 11 is 0. The van der Waals surface area contributed by atoms with Crippen LogP contribution in [0.3, 0.4) is 0 Å². The third kappa shape index (κ3) is 6.82. The lowest BCUT2D eigenvalue weighted by Crippen LogP contribution is -2.42. The molecule has 0 radical (unpaired) electrons. The van der Waals surface area contributed by atoms with E-state index in [1.54, 1.807) is 0 Å². The van der Waals surface area contributed by atoms with Crippen molar-refractivity contribution in [2.75, 3.05) is 14.2 Å². The first kappa shape index (κ1) is 20.5. The van der Waals surface area contributed by atoms with Crippen LogP contribution in [-0.4, -0.2) is 38.1 Å². The summed E-state index contributed by atoms with van der Waals surface area (Å²) < 4.78 is 46.5. The van der Waals surface area contributed by atoms with E-state index in [1.807, 2.05) is 0 Å². The number of esters is 2. The van der Waals surface area contributed by atoms with Crippen molar-refractivity contribution in [3.63, 3.8) is 0 Å². The summed E-state index contributed by atoms with van der Waals surface area (Å²) in [4.78, 5) is 34.8. The first-order chi connectivity index (χ1) is 11.7. The van der Waals surface area contributed by atoms with Crippen molar-refractivity contribution in [3.8, 4) is 0 Å². The molecule has 1 rings (SSSR count). The van der Waals surface area contributed by atoms with Gasteiger partial charge >= 0.3 is 18.1 Å². The molecule has 0 aliphatic heterocycles. The van der Waals surface area contributed by atoms with Crippen LogP contribution in [0.25, 0.3) is 0 Å². The van der Waals surface area contributed by atoms with E-state index in [0.717, 1.165) is 19.2 Å². The second kappa shape index (κ2) is 9.05. The number of carbonyl (C=O) groups is 3. The van der Waals surface area contributed by atoms with E-state index in [4.69, 9.17) is 0 Å². The number of ether oxygens (including phenoxy) is 2. The highest BCUT2D eigenvalue weighted by atomic mass is 19.4. The summed E-state index contributed by atoms with van der Waals surface area (Å²) in [5.41, 5.74) is -0.468. The molecule has 1 aromatic rings. The zero-order valence-electron chi connectivity index (χ0n) is 13.7. The number of nitrogens with one attached hydrogen (secondary N) is 1. The minimum atomic E-state index is -4.45. The highest BCUT2D eigenvalue weighted by molar-refractivity contribution is 5.86.